The monoisotopic (exact) mass is 773 g/mol. The minimum atomic E-state index is -2.19. The van der Waals surface area contributed by atoms with Crippen LogP contribution in [0.5, 0.6) is 0 Å². The third-order valence-corrected chi connectivity index (χ3v) is 10.7. The molecule has 2 saturated heterocycles. The van der Waals surface area contributed by atoms with Crippen LogP contribution < -0.4 is 0 Å². The van der Waals surface area contributed by atoms with E-state index in [2.05, 4.69) is 4.98 Å². The molecule has 1 aliphatic carbocycles. The highest BCUT2D eigenvalue weighted by Crippen LogP contribution is 2.62. The van der Waals surface area contributed by atoms with Gasteiger partial charge in [0.05, 0.1) is 23.7 Å². The first kappa shape index (κ1) is 41.3. The zero-order valence-corrected chi connectivity index (χ0v) is 32.6. The van der Waals surface area contributed by atoms with Crippen LogP contribution >= 0.6 is 0 Å². The van der Waals surface area contributed by atoms with Crippen molar-refractivity contribution in [1.29, 1.82) is 0 Å². The zero-order valence-electron chi connectivity index (χ0n) is 32.6. The van der Waals surface area contributed by atoms with Crippen molar-refractivity contribution in [3.05, 3.63) is 41.4 Å². The number of carbonyl (C=O) groups excluding carboxylic acids is 7. The van der Waals surface area contributed by atoms with Gasteiger partial charge < -0.3 is 42.6 Å². The van der Waals surface area contributed by atoms with Gasteiger partial charge in [-0.3, -0.25) is 33.8 Å². The van der Waals surface area contributed by atoms with Crippen molar-refractivity contribution in [2.75, 3.05) is 0 Å². The Morgan fingerprint density at radius 1 is 0.745 bits per heavy atom. The lowest BCUT2D eigenvalue weighted by Crippen LogP contribution is -2.75. The Morgan fingerprint density at radius 2 is 1.35 bits per heavy atom. The van der Waals surface area contributed by atoms with Gasteiger partial charge in [-0.1, -0.05) is 20.8 Å². The standard InChI is InChI=1S/C38H47NO16/c1-16-27-25-26(52-34(46)24-13-12-14-39-15-24)17(2)30(49-20(5)42)38(25,54-23(8)45)35(51-22(7)44)37(11,55-27)33-32(53-33)36(9,10)31(50-21(6)43)29(48-19(4)41)28(16)47-18(3)40/h12-15,17,25-27,29-33,35H,1-11H3/b28-16+/t17-,25-,26+,27-,29+,30+,31?,32-,33-,35-,37+,38+/m1/s1. The maximum absolute atomic E-state index is 13.8. The number of pyridine rings is 1. The second-order valence-electron chi connectivity index (χ2n) is 15.2. The first-order valence-electron chi connectivity index (χ1n) is 17.8. The molecule has 0 N–H and O–H groups in total. The largest absolute Gasteiger partial charge is 0.458 e. The molecule has 12 atom stereocenters. The number of esters is 7. The molecule has 0 radical (unpaired) electrons. The lowest BCUT2D eigenvalue weighted by atomic mass is 9.65. The average molecular weight is 774 g/mol. The van der Waals surface area contributed by atoms with E-state index in [1.165, 1.54) is 31.5 Å². The molecule has 300 valence electrons. The van der Waals surface area contributed by atoms with Gasteiger partial charge in [0.25, 0.3) is 0 Å². The van der Waals surface area contributed by atoms with Crippen LogP contribution in [0.2, 0.25) is 0 Å². The molecule has 1 aromatic heterocycles. The van der Waals surface area contributed by atoms with Gasteiger partial charge in [0.1, 0.15) is 17.8 Å². The van der Waals surface area contributed by atoms with Crippen LogP contribution in [0, 0.1) is 17.3 Å². The summed E-state index contributed by atoms with van der Waals surface area (Å²) in [6.07, 6.45) is -8.02. The number of nitrogens with zero attached hydrogens (tertiary/aromatic N) is 1. The average Bonchev–Trinajstić information content (AvgIpc) is 3.87. The smallest absolute Gasteiger partial charge is 0.340 e. The van der Waals surface area contributed by atoms with Crippen molar-refractivity contribution in [2.45, 2.75) is 136 Å². The van der Waals surface area contributed by atoms with Crippen LogP contribution in [0.1, 0.15) is 86.5 Å². The van der Waals surface area contributed by atoms with Gasteiger partial charge in [0, 0.05) is 65.3 Å². The van der Waals surface area contributed by atoms with Gasteiger partial charge in [-0.2, -0.15) is 0 Å². The Kier molecular flexibility index (Phi) is 11.2. The molecule has 2 bridgehead atoms. The topological polar surface area (TPSA) is 219 Å². The van der Waals surface area contributed by atoms with Gasteiger partial charge in [0.15, 0.2) is 35.8 Å². The molecule has 4 aliphatic rings. The van der Waals surface area contributed by atoms with E-state index in [9.17, 15) is 33.6 Å². The van der Waals surface area contributed by atoms with Crippen LogP contribution in [-0.2, 0) is 71.4 Å². The first-order chi connectivity index (χ1) is 25.6. The summed E-state index contributed by atoms with van der Waals surface area (Å²) in [6, 6.07) is 2.99. The Labute approximate surface area is 317 Å². The molecule has 0 amide bonds. The Balaban J connectivity index is 1.92. The van der Waals surface area contributed by atoms with E-state index in [1.807, 2.05) is 0 Å². The van der Waals surface area contributed by atoms with E-state index in [0.717, 1.165) is 41.5 Å². The van der Waals surface area contributed by atoms with Crippen LogP contribution in [0.3, 0.4) is 0 Å². The van der Waals surface area contributed by atoms with Gasteiger partial charge in [-0.25, -0.2) is 4.79 Å². The second kappa shape index (κ2) is 15.0. The molecule has 17 nitrogen and oxygen atoms in total. The SMILES string of the molecule is CC(=O)O/C1=C(\C)[C@H]2O[C@@](C)([C@@H]3O[C@H]3C(C)(C)C(OC(C)=O)[C@H]1OC(C)=O)[C@@H](OC(C)=O)[C@]1(OC(C)=O)[C@@H]2[C@@H](OC(=O)c2cccnc2)[C@@H](C)[C@@H]1OC(C)=O. The predicted octanol–water partition coefficient (Wildman–Crippen LogP) is 2.70. The second-order valence-corrected chi connectivity index (χ2v) is 15.2. The Bertz CT molecular complexity index is 1790. The number of aromatic nitrogens is 1. The molecule has 1 saturated carbocycles. The highest BCUT2D eigenvalue weighted by atomic mass is 16.7. The molecule has 0 aromatic carbocycles. The first-order valence-corrected chi connectivity index (χ1v) is 17.8. The van der Waals surface area contributed by atoms with Gasteiger partial charge in [-0.05, 0) is 31.6 Å². The van der Waals surface area contributed by atoms with Gasteiger partial charge in [-0.15, -0.1) is 0 Å². The van der Waals surface area contributed by atoms with Crippen molar-refractivity contribution < 1.29 is 76.2 Å². The van der Waals surface area contributed by atoms with Crippen molar-refractivity contribution in [2.24, 2.45) is 17.3 Å². The number of carbonyl (C=O) groups is 7. The lowest BCUT2D eigenvalue weighted by Gasteiger charge is -2.57. The van der Waals surface area contributed by atoms with Crippen LogP contribution in [0.4, 0.5) is 0 Å². The third-order valence-electron chi connectivity index (χ3n) is 10.7. The zero-order chi connectivity index (χ0) is 40.9. The number of hydrogen-bond acceptors (Lipinski definition) is 17. The number of hydrogen-bond donors (Lipinski definition) is 0. The fourth-order valence-electron chi connectivity index (χ4n) is 8.71. The van der Waals surface area contributed by atoms with Crippen molar-refractivity contribution >= 4 is 41.8 Å². The summed E-state index contributed by atoms with van der Waals surface area (Å²) in [7, 11) is 0. The number of ether oxygens (including phenoxy) is 9. The van der Waals surface area contributed by atoms with Crippen LogP contribution in [0.25, 0.3) is 0 Å². The molecule has 1 unspecified atom stereocenters. The predicted molar refractivity (Wildman–Crippen MR) is 183 cm³/mol. The van der Waals surface area contributed by atoms with E-state index < -0.39 is 119 Å². The minimum absolute atomic E-state index is 0.0423. The molecule has 3 aliphatic heterocycles. The van der Waals surface area contributed by atoms with Crippen LogP contribution in [0.15, 0.2) is 35.9 Å². The number of epoxide rings is 1. The maximum atomic E-state index is 13.8. The lowest BCUT2D eigenvalue weighted by molar-refractivity contribution is -0.308. The molecule has 5 rings (SSSR count). The molecule has 17 heteroatoms. The molecular formula is C38H47NO16. The fourth-order valence-corrected chi connectivity index (χ4v) is 8.71. The minimum Gasteiger partial charge on any atom is -0.458 e. The van der Waals surface area contributed by atoms with E-state index in [1.54, 1.807) is 27.7 Å². The highest BCUT2D eigenvalue weighted by molar-refractivity contribution is 5.89. The summed E-state index contributed by atoms with van der Waals surface area (Å²) < 4.78 is 55.5. The molecule has 0 spiro atoms. The molecular weight excluding hydrogens is 726 g/mol. The molecule has 4 heterocycles. The quantitative estimate of drug-likeness (QED) is 0.211. The van der Waals surface area contributed by atoms with E-state index in [0.29, 0.717) is 0 Å². The van der Waals surface area contributed by atoms with Gasteiger partial charge in [0.2, 0.25) is 0 Å². The highest BCUT2D eigenvalue weighted by Gasteiger charge is 2.81. The summed E-state index contributed by atoms with van der Waals surface area (Å²) in [5, 5.41) is 0. The van der Waals surface area contributed by atoms with E-state index >= 15 is 0 Å². The number of rotatable bonds is 8. The maximum Gasteiger partial charge on any atom is 0.340 e. The number of fused-ring (bicyclic) bond motifs is 6. The molecule has 1 aromatic rings. The van der Waals surface area contributed by atoms with E-state index in [-0.39, 0.29) is 16.9 Å². The van der Waals surface area contributed by atoms with Crippen molar-refractivity contribution in [3.63, 3.8) is 0 Å². The summed E-state index contributed by atoms with van der Waals surface area (Å²) in [5.74, 6) is -8.54. The summed E-state index contributed by atoms with van der Waals surface area (Å²) in [4.78, 5) is 95.7. The summed E-state index contributed by atoms with van der Waals surface area (Å²) >= 11 is 0. The van der Waals surface area contributed by atoms with Crippen molar-refractivity contribution in [1.82, 2.24) is 4.98 Å². The normalized spacial score (nSPS) is 37.1. The summed E-state index contributed by atoms with van der Waals surface area (Å²) in [5.41, 5.74) is -5.15. The van der Waals surface area contributed by atoms with Gasteiger partial charge >= 0.3 is 41.8 Å². The van der Waals surface area contributed by atoms with E-state index in [4.69, 9.17) is 42.6 Å². The Hall–Kier alpha value is -4.90. The Morgan fingerprint density at radius 3 is 1.87 bits per heavy atom. The molecule has 3 fully saturated rings. The molecule has 55 heavy (non-hydrogen) atoms. The van der Waals surface area contributed by atoms with Crippen molar-refractivity contribution in [3.8, 4) is 0 Å². The summed E-state index contributed by atoms with van der Waals surface area (Å²) in [6.45, 7) is 14.8. The third kappa shape index (κ3) is 7.43. The van der Waals surface area contributed by atoms with Crippen LogP contribution in [-0.4, -0.2) is 107 Å². The fraction of sp³-hybridized carbons (Fsp3) is 0.632.